The molecule has 9 heteroatoms. The minimum atomic E-state index is -3.50. The van der Waals surface area contributed by atoms with Gasteiger partial charge in [-0.25, -0.2) is 8.42 Å². The van der Waals surface area contributed by atoms with Crippen molar-refractivity contribution in [3.05, 3.63) is 102 Å². The summed E-state index contributed by atoms with van der Waals surface area (Å²) in [7, 11) is -3.50. The summed E-state index contributed by atoms with van der Waals surface area (Å²) in [6, 6.07) is 25.6. The van der Waals surface area contributed by atoms with Crippen LogP contribution in [0, 0.1) is 0 Å². The minimum absolute atomic E-state index is 0.126. The fourth-order valence-electron chi connectivity index (χ4n) is 5.36. The standard InChI is InChI=1S/C35H45N3O5S/c1-28(2)43-25-11-22-36-35(40)33(26-30-12-5-3-6-13-30)38(27-31-14-7-4-8-15-31)34(39)21-18-29-16-19-32(20-17-29)44(41,42)37-23-9-10-24-37/h3-8,12-17,19-20,28,33H,9-11,18,21-27H2,1-2H3,(H,36,40)/t33-/m1/s1. The number of ether oxygens (including phenoxy) is 1. The maximum atomic E-state index is 13.9. The van der Waals surface area contributed by atoms with E-state index in [0.717, 1.165) is 29.5 Å². The van der Waals surface area contributed by atoms with Gasteiger partial charge in [-0.2, -0.15) is 4.31 Å². The molecule has 0 saturated carbocycles. The number of amides is 2. The highest BCUT2D eigenvalue weighted by Crippen LogP contribution is 2.22. The molecular weight excluding hydrogens is 574 g/mol. The molecule has 3 aromatic rings. The summed E-state index contributed by atoms with van der Waals surface area (Å²) in [6.07, 6.45) is 3.58. The lowest BCUT2D eigenvalue weighted by atomic mass is 10.0. The second kappa shape index (κ2) is 16.5. The van der Waals surface area contributed by atoms with Crippen LogP contribution in [0.2, 0.25) is 0 Å². The molecule has 2 amide bonds. The number of hydrogen-bond donors (Lipinski definition) is 1. The molecule has 1 N–H and O–H groups in total. The van der Waals surface area contributed by atoms with Crippen molar-refractivity contribution < 1.29 is 22.7 Å². The number of nitrogens with zero attached hydrogens (tertiary/aromatic N) is 2. The Kier molecular flexibility index (Phi) is 12.5. The van der Waals surface area contributed by atoms with E-state index >= 15 is 0 Å². The van der Waals surface area contributed by atoms with Crippen molar-refractivity contribution in [3.63, 3.8) is 0 Å². The van der Waals surface area contributed by atoms with E-state index in [1.807, 2.05) is 74.5 Å². The lowest BCUT2D eigenvalue weighted by molar-refractivity contribution is -0.141. The van der Waals surface area contributed by atoms with Gasteiger partial charge in [-0.15, -0.1) is 0 Å². The Morgan fingerprint density at radius 1 is 0.864 bits per heavy atom. The summed E-state index contributed by atoms with van der Waals surface area (Å²) in [6.45, 7) is 6.37. The third-order valence-electron chi connectivity index (χ3n) is 7.79. The lowest BCUT2D eigenvalue weighted by Crippen LogP contribution is -2.50. The van der Waals surface area contributed by atoms with Crippen LogP contribution in [0.15, 0.2) is 89.8 Å². The van der Waals surface area contributed by atoms with Gasteiger partial charge in [0, 0.05) is 45.6 Å². The van der Waals surface area contributed by atoms with Crippen LogP contribution in [-0.4, -0.2) is 67.8 Å². The van der Waals surface area contributed by atoms with Gasteiger partial charge >= 0.3 is 0 Å². The molecule has 1 heterocycles. The number of hydrogen-bond acceptors (Lipinski definition) is 5. The molecule has 44 heavy (non-hydrogen) atoms. The molecule has 236 valence electrons. The first kappa shape index (κ1) is 33.4. The fraction of sp³-hybridized carbons (Fsp3) is 0.429. The van der Waals surface area contributed by atoms with E-state index in [1.54, 1.807) is 29.2 Å². The third kappa shape index (κ3) is 9.74. The van der Waals surface area contributed by atoms with Gasteiger partial charge in [0.25, 0.3) is 0 Å². The zero-order valence-electron chi connectivity index (χ0n) is 25.9. The van der Waals surface area contributed by atoms with Gasteiger partial charge in [-0.05, 0) is 68.4 Å². The second-order valence-corrected chi connectivity index (χ2v) is 13.5. The summed E-state index contributed by atoms with van der Waals surface area (Å²) >= 11 is 0. The molecule has 0 spiro atoms. The highest BCUT2D eigenvalue weighted by molar-refractivity contribution is 7.89. The average molecular weight is 620 g/mol. The SMILES string of the molecule is CC(C)OCCCNC(=O)[C@@H](Cc1ccccc1)N(Cc1ccccc1)C(=O)CCc1ccc(S(=O)(=O)N2CCCC2)cc1. The van der Waals surface area contributed by atoms with Crippen LogP contribution in [0.1, 0.15) is 56.2 Å². The first-order valence-electron chi connectivity index (χ1n) is 15.6. The first-order chi connectivity index (χ1) is 21.2. The normalized spacial score (nSPS) is 14.4. The van der Waals surface area contributed by atoms with Crippen molar-refractivity contribution in [2.45, 2.75) is 76.0 Å². The van der Waals surface area contributed by atoms with Gasteiger partial charge in [0.15, 0.2) is 0 Å². The Labute approximate surface area is 262 Å². The van der Waals surface area contributed by atoms with Gasteiger partial charge < -0.3 is 15.0 Å². The predicted molar refractivity (Wildman–Crippen MR) is 172 cm³/mol. The van der Waals surface area contributed by atoms with Crippen LogP contribution in [0.4, 0.5) is 0 Å². The Balaban J connectivity index is 1.50. The van der Waals surface area contributed by atoms with Crippen molar-refractivity contribution in [2.75, 3.05) is 26.2 Å². The maximum absolute atomic E-state index is 13.9. The minimum Gasteiger partial charge on any atom is -0.379 e. The van der Waals surface area contributed by atoms with Crippen LogP contribution >= 0.6 is 0 Å². The van der Waals surface area contributed by atoms with Crippen molar-refractivity contribution >= 4 is 21.8 Å². The third-order valence-corrected chi connectivity index (χ3v) is 9.70. The molecule has 8 nitrogen and oxygen atoms in total. The van der Waals surface area contributed by atoms with E-state index in [-0.39, 0.29) is 29.2 Å². The van der Waals surface area contributed by atoms with Crippen molar-refractivity contribution in [2.24, 2.45) is 0 Å². The molecule has 1 aliphatic rings. The van der Waals surface area contributed by atoms with Gasteiger partial charge in [-0.1, -0.05) is 72.8 Å². The molecule has 0 unspecified atom stereocenters. The molecule has 1 atom stereocenters. The molecule has 0 bridgehead atoms. The zero-order chi connectivity index (χ0) is 31.4. The van der Waals surface area contributed by atoms with E-state index in [4.69, 9.17) is 4.74 Å². The molecule has 0 radical (unpaired) electrons. The van der Waals surface area contributed by atoms with E-state index < -0.39 is 16.1 Å². The van der Waals surface area contributed by atoms with Crippen LogP contribution in [0.3, 0.4) is 0 Å². The van der Waals surface area contributed by atoms with Crippen LogP contribution in [0.5, 0.6) is 0 Å². The lowest BCUT2D eigenvalue weighted by Gasteiger charge is -2.31. The van der Waals surface area contributed by atoms with Gasteiger partial charge in [0.2, 0.25) is 21.8 Å². The Morgan fingerprint density at radius 3 is 2.09 bits per heavy atom. The number of carbonyl (C=O) groups excluding carboxylic acids is 2. The second-order valence-electron chi connectivity index (χ2n) is 11.5. The van der Waals surface area contributed by atoms with E-state index in [2.05, 4.69) is 5.32 Å². The topological polar surface area (TPSA) is 96.0 Å². The molecule has 4 rings (SSSR count). The van der Waals surface area contributed by atoms with E-state index in [9.17, 15) is 18.0 Å². The van der Waals surface area contributed by atoms with Crippen LogP contribution in [0.25, 0.3) is 0 Å². The van der Waals surface area contributed by atoms with Gasteiger partial charge in [-0.3, -0.25) is 9.59 Å². The maximum Gasteiger partial charge on any atom is 0.243 e. The molecule has 3 aromatic carbocycles. The molecule has 1 saturated heterocycles. The number of sulfonamides is 1. The quantitative estimate of drug-likeness (QED) is 0.228. The Morgan fingerprint density at radius 2 is 1.48 bits per heavy atom. The number of benzene rings is 3. The van der Waals surface area contributed by atoms with Gasteiger partial charge in [0.1, 0.15) is 6.04 Å². The summed E-state index contributed by atoms with van der Waals surface area (Å²) < 4.78 is 33.0. The van der Waals surface area contributed by atoms with Crippen molar-refractivity contribution in [1.82, 2.24) is 14.5 Å². The molecule has 1 fully saturated rings. The Hall–Kier alpha value is -3.53. The zero-order valence-corrected chi connectivity index (χ0v) is 26.7. The summed E-state index contributed by atoms with van der Waals surface area (Å²) in [5.74, 6) is -0.332. The number of carbonyl (C=O) groups is 2. The fourth-order valence-corrected chi connectivity index (χ4v) is 6.87. The number of nitrogens with one attached hydrogen (secondary N) is 1. The molecule has 1 aliphatic heterocycles. The largest absolute Gasteiger partial charge is 0.379 e. The monoisotopic (exact) mass is 619 g/mol. The average Bonchev–Trinajstić information content (AvgIpc) is 3.59. The highest BCUT2D eigenvalue weighted by Gasteiger charge is 2.30. The van der Waals surface area contributed by atoms with Crippen molar-refractivity contribution in [1.29, 1.82) is 0 Å². The number of rotatable bonds is 16. The number of aryl methyl sites for hydroxylation is 1. The van der Waals surface area contributed by atoms with Crippen LogP contribution < -0.4 is 5.32 Å². The summed E-state index contributed by atoms with van der Waals surface area (Å²) in [5, 5.41) is 3.04. The van der Waals surface area contributed by atoms with Gasteiger partial charge in [0.05, 0.1) is 11.0 Å². The van der Waals surface area contributed by atoms with E-state index in [0.29, 0.717) is 52.0 Å². The van der Waals surface area contributed by atoms with Crippen LogP contribution in [-0.2, 0) is 43.7 Å². The molecule has 0 aromatic heterocycles. The van der Waals surface area contributed by atoms with E-state index in [1.165, 1.54) is 4.31 Å². The Bertz CT molecular complexity index is 1420. The first-order valence-corrected chi connectivity index (χ1v) is 17.0. The van der Waals surface area contributed by atoms with Crippen molar-refractivity contribution in [3.8, 4) is 0 Å². The molecular formula is C35H45N3O5S. The highest BCUT2D eigenvalue weighted by atomic mass is 32.2. The predicted octanol–water partition coefficient (Wildman–Crippen LogP) is 4.98. The molecule has 0 aliphatic carbocycles. The summed E-state index contributed by atoms with van der Waals surface area (Å²) in [4.78, 5) is 29.6. The summed E-state index contributed by atoms with van der Waals surface area (Å²) in [5.41, 5.74) is 2.78. The smallest absolute Gasteiger partial charge is 0.243 e.